The standard InChI is InChI=1S/C17H15N3O3S2/c1-10-3-5-12(6-4-10)15-19-13(9-24-15)16(22)23-7-14(21)20-17-18-11(2)8-25-17/h3-6,8-9H,7H2,1-2H3,(H,18,20,21). The predicted octanol–water partition coefficient (Wildman–Crippen LogP) is 3.68. The average molecular weight is 373 g/mol. The number of anilines is 1. The van der Waals surface area contributed by atoms with Crippen LogP contribution < -0.4 is 5.32 Å². The van der Waals surface area contributed by atoms with Crippen molar-refractivity contribution in [1.82, 2.24) is 9.97 Å². The van der Waals surface area contributed by atoms with Gasteiger partial charge in [-0.05, 0) is 13.8 Å². The number of nitrogens with zero attached hydrogens (tertiary/aromatic N) is 2. The number of hydrogen-bond donors (Lipinski definition) is 1. The van der Waals surface area contributed by atoms with Crippen molar-refractivity contribution < 1.29 is 14.3 Å². The summed E-state index contributed by atoms with van der Waals surface area (Å²) in [5.74, 6) is -1.06. The molecule has 8 heteroatoms. The number of carbonyl (C=O) groups excluding carboxylic acids is 2. The maximum atomic E-state index is 12.0. The van der Waals surface area contributed by atoms with Crippen LogP contribution in [0, 0.1) is 13.8 Å². The molecule has 3 rings (SSSR count). The SMILES string of the molecule is Cc1ccc(-c2nc(C(=O)OCC(=O)Nc3nc(C)cs3)cs2)cc1. The average Bonchev–Trinajstić information content (AvgIpc) is 3.23. The zero-order chi connectivity index (χ0) is 17.8. The Morgan fingerprint density at radius 3 is 2.52 bits per heavy atom. The fourth-order valence-corrected chi connectivity index (χ4v) is 3.47. The van der Waals surface area contributed by atoms with Crippen LogP contribution in [0.25, 0.3) is 10.6 Å². The second-order valence-electron chi connectivity index (χ2n) is 5.32. The Balaban J connectivity index is 1.56. The van der Waals surface area contributed by atoms with Gasteiger partial charge in [-0.1, -0.05) is 29.8 Å². The molecule has 2 heterocycles. The number of aromatic nitrogens is 2. The number of ether oxygens (including phenoxy) is 1. The topological polar surface area (TPSA) is 81.2 Å². The van der Waals surface area contributed by atoms with E-state index in [4.69, 9.17) is 4.74 Å². The van der Waals surface area contributed by atoms with Crippen LogP contribution in [-0.2, 0) is 9.53 Å². The smallest absolute Gasteiger partial charge is 0.358 e. The highest BCUT2D eigenvalue weighted by Gasteiger charge is 2.15. The van der Waals surface area contributed by atoms with Crippen LogP contribution >= 0.6 is 22.7 Å². The first-order valence-electron chi connectivity index (χ1n) is 7.43. The van der Waals surface area contributed by atoms with Crippen LogP contribution in [0.15, 0.2) is 35.0 Å². The molecular formula is C17H15N3O3S2. The third-order valence-corrected chi connectivity index (χ3v) is 4.98. The monoisotopic (exact) mass is 373 g/mol. The number of nitrogens with one attached hydrogen (secondary N) is 1. The minimum absolute atomic E-state index is 0.193. The molecule has 1 N–H and O–H groups in total. The number of thiazole rings is 2. The highest BCUT2D eigenvalue weighted by molar-refractivity contribution is 7.14. The Hall–Kier alpha value is -2.58. The van der Waals surface area contributed by atoms with Gasteiger partial charge < -0.3 is 4.74 Å². The molecule has 0 aliphatic carbocycles. The largest absolute Gasteiger partial charge is 0.451 e. The molecule has 0 saturated heterocycles. The first-order valence-corrected chi connectivity index (χ1v) is 9.19. The Morgan fingerprint density at radius 1 is 1.08 bits per heavy atom. The van der Waals surface area contributed by atoms with Gasteiger partial charge in [0.05, 0.1) is 5.69 Å². The van der Waals surface area contributed by atoms with Crippen molar-refractivity contribution in [3.63, 3.8) is 0 Å². The normalized spacial score (nSPS) is 10.5. The number of benzene rings is 1. The first kappa shape index (κ1) is 17.2. The summed E-state index contributed by atoms with van der Waals surface area (Å²) in [6.45, 7) is 3.46. The second-order valence-corrected chi connectivity index (χ2v) is 7.04. The summed E-state index contributed by atoms with van der Waals surface area (Å²) in [4.78, 5) is 32.2. The lowest BCUT2D eigenvalue weighted by Crippen LogP contribution is -2.21. The molecule has 0 radical (unpaired) electrons. The van der Waals surface area contributed by atoms with E-state index in [-0.39, 0.29) is 12.3 Å². The molecule has 1 amide bonds. The van der Waals surface area contributed by atoms with Crippen molar-refractivity contribution >= 4 is 39.7 Å². The van der Waals surface area contributed by atoms with Crippen molar-refractivity contribution in [3.8, 4) is 10.6 Å². The van der Waals surface area contributed by atoms with Crippen LogP contribution in [0.3, 0.4) is 0 Å². The van der Waals surface area contributed by atoms with Crippen LogP contribution in [0.4, 0.5) is 5.13 Å². The van der Waals surface area contributed by atoms with Crippen molar-refractivity contribution in [2.75, 3.05) is 11.9 Å². The molecule has 0 aliphatic rings. The van der Waals surface area contributed by atoms with Gasteiger partial charge in [-0.2, -0.15) is 0 Å². The van der Waals surface area contributed by atoms with Crippen LogP contribution in [0.2, 0.25) is 0 Å². The van der Waals surface area contributed by atoms with E-state index >= 15 is 0 Å². The van der Waals surface area contributed by atoms with Gasteiger partial charge in [0.15, 0.2) is 17.4 Å². The summed E-state index contributed by atoms with van der Waals surface area (Å²) in [5, 5.41) is 7.24. The summed E-state index contributed by atoms with van der Waals surface area (Å²) in [7, 11) is 0. The molecule has 128 valence electrons. The third kappa shape index (κ3) is 4.49. The van der Waals surface area contributed by atoms with E-state index in [1.54, 1.807) is 5.38 Å². The molecule has 0 fully saturated rings. The van der Waals surface area contributed by atoms with Gasteiger partial charge in [-0.15, -0.1) is 22.7 Å². The van der Waals surface area contributed by atoms with Gasteiger partial charge in [-0.25, -0.2) is 14.8 Å². The van der Waals surface area contributed by atoms with E-state index in [1.807, 2.05) is 43.5 Å². The molecule has 2 aromatic heterocycles. The minimum atomic E-state index is -0.625. The molecule has 25 heavy (non-hydrogen) atoms. The van der Waals surface area contributed by atoms with E-state index in [1.165, 1.54) is 22.7 Å². The lowest BCUT2D eigenvalue weighted by Gasteiger charge is -2.02. The lowest BCUT2D eigenvalue weighted by atomic mass is 10.2. The van der Waals surface area contributed by atoms with Crippen molar-refractivity contribution in [1.29, 1.82) is 0 Å². The van der Waals surface area contributed by atoms with Crippen molar-refractivity contribution in [2.45, 2.75) is 13.8 Å². The Bertz CT molecular complexity index is 900. The fraction of sp³-hybridized carbons (Fsp3) is 0.176. The predicted molar refractivity (Wildman–Crippen MR) is 98.1 cm³/mol. The Labute approximate surface area is 152 Å². The molecule has 0 atom stereocenters. The quantitative estimate of drug-likeness (QED) is 0.690. The fourth-order valence-electron chi connectivity index (χ4n) is 1.97. The number of aryl methyl sites for hydroxylation is 2. The van der Waals surface area contributed by atoms with Crippen molar-refractivity contribution in [2.24, 2.45) is 0 Å². The summed E-state index contributed by atoms with van der Waals surface area (Å²) in [6.07, 6.45) is 0. The number of amides is 1. The van der Waals surface area contributed by atoms with E-state index in [0.29, 0.717) is 5.13 Å². The number of esters is 1. The van der Waals surface area contributed by atoms with Gasteiger partial charge in [0.25, 0.3) is 5.91 Å². The maximum Gasteiger partial charge on any atom is 0.358 e. The lowest BCUT2D eigenvalue weighted by molar-refractivity contribution is -0.119. The molecule has 3 aromatic rings. The van der Waals surface area contributed by atoms with E-state index in [2.05, 4.69) is 15.3 Å². The van der Waals surface area contributed by atoms with E-state index in [0.717, 1.165) is 21.8 Å². The number of carbonyl (C=O) groups is 2. The summed E-state index contributed by atoms with van der Waals surface area (Å²) < 4.78 is 5.01. The molecular weight excluding hydrogens is 358 g/mol. The Kier molecular flexibility index (Phi) is 5.20. The zero-order valence-corrected chi connectivity index (χ0v) is 15.2. The van der Waals surface area contributed by atoms with Crippen molar-refractivity contribution in [3.05, 3.63) is 52.0 Å². The minimum Gasteiger partial charge on any atom is -0.451 e. The third-order valence-electron chi connectivity index (χ3n) is 3.21. The Morgan fingerprint density at radius 2 is 1.84 bits per heavy atom. The van der Waals surface area contributed by atoms with Gasteiger partial charge in [-0.3, -0.25) is 10.1 Å². The van der Waals surface area contributed by atoms with Gasteiger partial charge >= 0.3 is 5.97 Å². The highest BCUT2D eigenvalue weighted by Crippen LogP contribution is 2.24. The maximum absolute atomic E-state index is 12.0. The summed E-state index contributed by atoms with van der Waals surface area (Å²) in [6, 6.07) is 7.87. The first-order chi connectivity index (χ1) is 12.0. The highest BCUT2D eigenvalue weighted by atomic mass is 32.1. The number of rotatable bonds is 5. The molecule has 0 aliphatic heterocycles. The number of hydrogen-bond acceptors (Lipinski definition) is 7. The molecule has 0 saturated carbocycles. The second kappa shape index (κ2) is 7.54. The molecule has 1 aromatic carbocycles. The van der Waals surface area contributed by atoms with Gasteiger partial charge in [0.2, 0.25) is 0 Å². The van der Waals surface area contributed by atoms with Crippen LogP contribution in [0.1, 0.15) is 21.7 Å². The van der Waals surface area contributed by atoms with Gasteiger partial charge in [0.1, 0.15) is 5.01 Å². The molecule has 6 nitrogen and oxygen atoms in total. The zero-order valence-electron chi connectivity index (χ0n) is 13.6. The van der Waals surface area contributed by atoms with E-state index < -0.39 is 11.9 Å². The molecule has 0 spiro atoms. The van der Waals surface area contributed by atoms with Crippen LogP contribution in [-0.4, -0.2) is 28.5 Å². The summed E-state index contributed by atoms with van der Waals surface area (Å²) >= 11 is 2.67. The molecule has 0 unspecified atom stereocenters. The summed E-state index contributed by atoms with van der Waals surface area (Å²) in [5.41, 5.74) is 3.11. The molecule has 0 bridgehead atoms. The van der Waals surface area contributed by atoms with Gasteiger partial charge in [0, 0.05) is 16.3 Å². The van der Waals surface area contributed by atoms with E-state index in [9.17, 15) is 9.59 Å². The van der Waals surface area contributed by atoms with Crippen LogP contribution in [0.5, 0.6) is 0 Å².